The molecule has 0 aromatic heterocycles. The van der Waals surface area contributed by atoms with Crippen LogP contribution in [0.1, 0.15) is 0 Å². The second-order valence-electron chi connectivity index (χ2n) is 0. The van der Waals surface area contributed by atoms with Crippen molar-refractivity contribution in [3.05, 3.63) is 14.9 Å². The predicted octanol–water partition coefficient (Wildman–Crippen LogP) is 0.891. The first kappa shape index (κ1) is 42.7. The van der Waals surface area contributed by atoms with Gasteiger partial charge in [0.15, 0.2) is 0 Å². The molecule has 38 valence electrons. The Balaban J connectivity index is -0.000000000833. The van der Waals surface area contributed by atoms with Gasteiger partial charge in [-0.2, -0.15) is 0 Å². The van der Waals surface area contributed by atoms with E-state index in [2.05, 4.69) is 23.3 Å². The van der Waals surface area contributed by atoms with Crippen molar-refractivity contribution in [2.24, 2.45) is 0 Å². The Morgan fingerprint density at radius 1 is 0.667 bits per heavy atom. The Hall–Kier alpha value is 2.08. The molecule has 0 saturated carbocycles. The van der Waals surface area contributed by atoms with Crippen molar-refractivity contribution in [3.63, 3.8) is 0 Å². The van der Waals surface area contributed by atoms with E-state index in [0.717, 1.165) is 0 Å². The number of hydrogen-bond acceptors (Lipinski definition) is 2. The maximum Gasteiger partial charge on any atom is 2.00 e. The van der Waals surface area contributed by atoms with Gasteiger partial charge >= 0.3 is 42.1 Å². The second kappa shape index (κ2) is 60.6. The summed E-state index contributed by atoms with van der Waals surface area (Å²) in [6.07, 6.45) is 0. The molecule has 0 nitrogen and oxygen atoms in total. The summed E-state index contributed by atoms with van der Waals surface area (Å²) < 4.78 is 0. The van der Waals surface area contributed by atoms with Crippen LogP contribution in [0.3, 0.4) is 0 Å². The van der Waals surface area contributed by atoms with E-state index in [0.29, 0.717) is 0 Å². The number of hydrogen-bond donors (Lipinski definition) is 0. The molecule has 0 radical (unpaired) electrons. The van der Waals surface area contributed by atoms with Gasteiger partial charge in [-0.1, -0.05) is 0 Å². The Kier molecular flexibility index (Phi) is 432. The molecule has 0 bridgehead atoms. The zero-order chi connectivity index (χ0) is 2.00. The average Bonchev–Trinajstić information content (AvgIpc) is 1.00. The van der Waals surface area contributed by atoms with Crippen LogP contribution in [0.4, 0.5) is 0 Å². The fraction of sp³-hybridized carbons (Fsp3) is 0. The molecule has 0 aliphatic heterocycles. The quantitative estimate of drug-likeness (QED) is 0.281. The summed E-state index contributed by atoms with van der Waals surface area (Å²) in [7, 11) is 0. The van der Waals surface area contributed by atoms with E-state index in [9.17, 15) is 0 Å². The van der Waals surface area contributed by atoms with Gasteiger partial charge in [-0.15, -0.1) is 0 Å². The summed E-state index contributed by atoms with van der Waals surface area (Å²) in [6.45, 7) is 0. The van der Waals surface area contributed by atoms with E-state index in [1.807, 2.05) is 0 Å². The fourth-order valence-electron chi connectivity index (χ4n) is 0. The standard InChI is InChI=1S/2CH3.2Mo.S2/c;;;;1-2/h2*1H3;;;/q2*-1;2*+2;-2. The van der Waals surface area contributed by atoms with Crippen LogP contribution in [-0.4, -0.2) is 0 Å². The van der Waals surface area contributed by atoms with Crippen molar-refractivity contribution in [1.29, 1.82) is 0 Å². The van der Waals surface area contributed by atoms with Gasteiger partial charge < -0.3 is 38.2 Å². The van der Waals surface area contributed by atoms with E-state index < -0.39 is 0 Å². The molecule has 0 N–H and O–H groups in total. The molecule has 0 saturated heterocycles. The summed E-state index contributed by atoms with van der Waals surface area (Å²) in [5.41, 5.74) is 0. The van der Waals surface area contributed by atoms with Gasteiger partial charge in [0, 0.05) is 0 Å². The first-order valence-corrected chi connectivity index (χ1v) is 1.50. The molecule has 0 aromatic carbocycles. The van der Waals surface area contributed by atoms with Gasteiger partial charge in [-0.05, 0) is 0 Å². The van der Waals surface area contributed by atoms with Gasteiger partial charge in [-0.3, -0.25) is 0 Å². The zero-order valence-corrected chi connectivity index (χ0v) is 9.28. The molecule has 0 atom stereocenters. The van der Waals surface area contributed by atoms with Crippen molar-refractivity contribution in [2.45, 2.75) is 0 Å². The van der Waals surface area contributed by atoms with E-state index in [4.69, 9.17) is 0 Å². The molecule has 0 rings (SSSR count). The molecule has 0 spiro atoms. The monoisotopic (exact) mass is 290 g/mol. The van der Waals surface area contributed by atoms with Crippen LogP contribution < -0.4 is 0 Å². The molecular weight excluding hydrogens is 280 g/mol. The van der Waals surface area contributed by atoms with E-state index in [1.165, 1.54) is 0 Å². The van der Waals surface area contributed by atoms with Gasteiger partial charge in [0.05, 0.1) is 0 Å². The van der Waals surface area contributed by atoms with Crippen LogP contribution in [-0.2, 0) is 65.5 Å². The molecule has 0 aromatic rings. The van der Waals surface area contributed by atoms with Crippen LogP contribution in [0.25, 0.3) is 0 Å². The Morgan fingerprint density at radius 3 is 0.667 bits per heavy atom. The first-order valence-electron chi connectivity index (χ1n) is 0.167. The maximum absolute atomic E-state index is 3.67. The van der Waals surface area contributed by atoms with Gasteiger partial charge in [0.2, 0.25) is 0 Å². The zero-order valence-electron chi connectivity index (χ0n) is 3.63. The molecule has 0 fully saturated rings. The SMILES string of the molecule is [CH3-].[CH3-].[Mo+2].[Mo+2].[S-][S-]. The van der Waals surface area contributed by atoms with Gasteiger partial charge in [0.25, 0.3) is 0 Å². The maximum atomic E-state index is 3.67. The largest absolute Gasteiger partial charge is 2.00 e. The molecule has 0 heterocycles. The molecular formula is C2H6Mo2S2. The van der Waals surface area contributed by atoms with Gasteiger partial charge in [-0.25, -0.2) is 0 Å². The van der Waals surface area contributed by atoms with Crippen LogP contribution in [0.5, 0.6) is 0 Å². The topological polar surface area (TPSA) is 0 Å². The molecule has 0 amide bonds. The Labute approximate surface area is 79.6 Å². The number of rotatable bonds is 0. The minimum Gasteiger partial charge on any atom is -1.00 e. The molecule has 6 heavy (non-hydrogen) atoms. The van der Waals surface area contributed by atoms with Crippen molar-refractivity contribution in [3.8, 4) is 0 Å². The minimum absolute atomic E-state index is 0. The summed E-state index contributed by atoms with van der Waals surface area (Å²) in [5, 5.41) is 0. The third kappa shape index (κ3) is 36.3. The summed E-state index contributed by atoms with van der Waals surface area (Å²) in [5.74, 6) is 0. The molecule has 0 aliphatic rings. The first-order chi connectivity index (χ1) is 1.00. The normalized spacial score (nSPS) is 1.00. The van der Waals surface area contributed by atoms with Crippen molar-refractivity contribution in [2.75, 3.05) is 0 Å². The van der Waals surface area contributed by atoms with Crippen molar-refractivity contribution < 1.29 is 42.1 Å². The van der Waals surface area contributed by atoms with E-state index in [-0.39, 0.29) is 57.0 Å². The molecule has 0 unspecified atom stereocenters. The molecule has 4 heteroatoms. The minimum atomic E-state index is 0. The van der Waals surface area contributed by atoms with Crippen LogP contribution in [0.2, 0.25) is 0 Å². The fourth-order valence-corrected chi connectivity index (χ4v) is 0. The van der Waals surface area contributed by atoms with Crippen molar-refractivity contribution in [1.82, 2.24) is 0 Å². The van der Waals surface area contributed by atoms with Crippen LogP contribution in [0.15, 0.2) is 0 Å². The molecule has 0 aliphatic carbocycles. The smallest absolute Gasteiger partial charge is 1.00 e. The summed E-state index contributed by atoms with van der Waals surface area (Å²) in [6, 6.07) is 0. The average molecular weight is 286 g/mol. The Bertz CT molecular complexity index is 9.51. The van der Waals surface area contributed by atoms with Crippen LogP contribution in [0, 0.1) is 14.9 Å². The van der Waals surface area contributed by atoms with Gasteiger partial charge in [0.1, 0.15) is 0 Å². The second-order valence-corrected chi connectivity index (χ2v) is 0. The summed E-state index contributed by atoms with van der Waals surface area (Å²) >= 11 is 7.33. The van der Waals surface area contributed by atoms with E-state index in [1.54, 1.807) is 0 Å². The predicted molar refractivity (Wildman–Crippen MR) is 27.6 cm³/mol. The van der Waals surface area contributed by atoms with Crippen molar-refractivity contribution >= 4 is 23.3 Å². The summed E-state index contributed by atoms with van der Waals surface area (Å²) in [4.78, 5) is 0. The third-order valence-corrected chi connectivity index (χ3v) is 0. The third-order valence-electron chi connectivity index (χ3n) is 0. The van der Waals surface area contributed by atoms with E-state index >= 15 is 0 Å². The van der Waals surface area contributed by atoms with Crippen LogP contribution >= 0.6 is 0 Å². The Morgan fingerprint density at radius 2 is 0.667 bits per heavy atom.